The van der Waals surface area contributed by atoms with Gasteiger partial charge < -0.3 is 14.2 Å². The van der Waals surface area contributed by atoms with Gasteiger partial charge in [0.2, 0.25) is 0 Å². The van der Waals surface area contributed by atoms with Gasteiger partial charge in [-0.05, 0) is 41.3 Å². The number of amides is 1. The smallest absolute Gasteiger partial charge is 0.348 e. The Morgan fingerprint density at radius 2 is 1.83 bits per heavy atom. The Hall–Kier alpha value is -3.68. The highest BCUT2D eigenvalue weighted by Gasteiger charge is 2.28. The molecule has 11 nitrogen and oxygen atoms in total. The van der Waals surface area contributed by atoms with E-state index in [1.807, 2.05) is 20.8 Å². The van der Waals surface area contributed by atoms with Crippen molar-refractivity contribution in [3.8, 4) is 0 Å². The first-order valence-corrected chi connectivity index (χ1v) is 14.5. The summed E-state index contributed by atoms with van der Waals surface area (Å²) in [4.78, 5) is 40.9. The largest absolute Gasteiger partial charge is 0.460 e. The molecule has 1 saturated heterocycles. The van der Waals surface area contributed by atoms with Crippen LogP contribution in [0.3, 0.4) is 0 Å². The maximum Gasteiger partial charge on any atom is 0.348 e. The molecule has 3 aromatic rings. The predicted molar refractivity (Wildman–Crippen MR) is 160 cm³/mol. The number of esters is 1. The van der Waals surface area contributed by atoms with Gasteiger partial charge in [-0.25, -0.2) is 15.2 Å². The number of anilines is 1. The quantitative estimate of drug-likeness (QED) is 0.104. The van der Waals surface area contributed by atoms with Crippen LogP contribution in [0.15, 0.2) is 60.7 Å². The van der Waals surface area contributed by atoms with E-state index in [1.54, 1.807) is 54.6 Å². The zero-order valence-corrected chi connectivity index (χ0v) is 24.9. The van der Waals surface area contributed by atoms with Gasteiger partial charge in [0.25, 0.3) is 11.6 Å². The molecule has 1 amide bonds. The van der Waals surface area contributed by atoms with Crippen LogP contribution in [0.25, 0.3) is 0 Å². The van der Waals surface area contributed by atoms with Crippen LogP contribution in [0.4, 0.5) is 11.4 Å². The van der Waals surface area contributed by atoms with Gasteiger partial charge in [0, 0.05) is 36.1 Å². The maximum absolute atomic E-state index is 13.5. The predicted octanol–water partition coefficient (Wildman–Crippen LogP) is 4.77. The van der Waals surface area contributed by atoms with Crippen molar-refractivity contribution in [3.05, 3.63) is 91.7 Å². The average molecular weight is 597 g/mol. The first-order chi connectivity index (χ1) is 20.1. The summed E-state index contributed by atoms with van der Waals surface area (Å²) in [6.45, 7) is 9.95. The summed E-state index contributed by atoms with van der Waals surface area (Å²) >= 11 is 1.26. The number of thiophene rings is 1. The Balaban J connectivity index is 1.38. The summed E-state index contributed by atoms with van der Waals surface area (Å²) in [6.07, 6.45) is 0. The summed E-state index contributed by atoms with van der Waals surface area (Å²) in [5.41, 5.74) is 3.62. The summed E-state index contributed by atoms with van der Waals surface area (Å²) in [5.74, 6) is -0.854. The fourth-order valence-corrected chi connectivity index (χ4v) is 5.13. The van der Waals surface area contributed by atoms with E-state index < -0.39 is 10.8 Å². The Labute approximate surface area is 249 Å². The number of nitro benzene ring substituents is 1. The molecule has 2 aromatic carbocycles. The van der Waals surface area contributed by atoms with E-state index in [9.17, 15) is 19.7 Å². The van der Waals surface area contributed by atoms with E-state index in [2.05, 4.69) is 10.3 Å². The number of carbonyl (C=O) groups excluding carboxylic acids is 2. The second-order valence-corrected chi connectivity index (χ2v) is 11.9. The van der Waals surface area contributed by atoms with Crippen LogP contribution < -0.4 is 10.4 Å². The zero-order chi connectivity index (χ0) is 30.1. The van der Waals surface area contributed by atoms with Gasteiger partial charge in [-0.3, -0.25) is 19.8 Å². The number of nitrogens with one attached hydrogen (secondary N) is 1. The second-order valence-electron chi connectivity index (χ2n) is 10.7. The van der Waals surface area contributed by atoms with Crippen molar-refractivity contribution in [1.29, 1.82) is 0 Å². The highest BCUT2D eigenvalue weighted by molar-refractivity contribution is 7.13. The number of hydrogen-bond donors (Lipinski definition) is 1. The van der Waals surface area contributed by atoms with Crippen molar-refractivity contribution in [2.75, 3.05) is 51.2 Å². The SMILES string of the molecule is CC(C)(C)c1ccc(N(NCOCc2ccc(C(=O)OCCN3CCOCC3)s2)C(=O)c2ccccc2)c([N+](=O)[O-])c1. The van der Waals surface area contributed by atoms with Gasteiger partial charge >= 0.3 is 5.97 Å². The molecule has 0 spiro atoms. The lowest BCUT2D eigenvalue weighted by Gasteiger charge is -2.26. The minimum atomic E-state index is -0.494. The molecule has 0 bridgehead atoms. The fourth-order valence-electron chi connectivity index (χ4n) is 4.29. The molecule has 1 aromatic heterocycles. The summed E-state index contributed by atoms with van der Waals surface area (Å²) < 4.78 is 16.5. The molecule has 1 aliphatic heterocycles. The minimum Gasteiger partial charge on any atom is -0.460 e. The molecular weight excluding hydrogens is 560 g/mol. The average Bonchev–Trinajstić information content (AvgIpc) is 3.46. The van der Waals surface area contributed by atoms with Crippen molar-refractivity contribution < 1.29 is 28.7 Å². The Morgan fingerprint density at radius 1 is 1.10 bits per heavy atom. The number of benzene rings is 2. The molecule has 1 fully saturated rings. The van der Waals surface area contributed by atoms with Crippen molar-refractivity contribution in [3.63, 3.8) is 0 Å². The number of hydrazine groups is 1. The number of carbonyl (C=O) groups is 2. The lowest BCUT2D eigenvalue weighted by molar-refractivity contribution is -0.384. The van der Waals surface area contributed by atoms with Gasteiger partial charge in [-0.1, -0.05) is 45.0 Å². The van der Waals surface area contributed by atoms with Crippen molar-refractivity contribution >= 4 is 34.6 Å². The van der Waals surface area contributed by atoms with Gasteiger partial charge in [-0.2, -0.15) is 0 Å². The third-order valence-corrected chi connectivity index (χ3v) is 7.72. The van der Waals surface area contributed by atoms with Crippen molar-refractivity contribution in [2.45, 2.75) is 32.8 Å². The molecule has 0 radical (unpaired) electrons. The van der Waals surface area contributed by atoms with Crippen LogP contribution in [0.5, 0.6) is 0 Å². The molecule has 0 unspecified atom stereocenters. The molecule has 1 N–H and O–H groups in total. The van der Waals surface area contributed by atoms with E-state index in [1.165, 1.54) is 17.4 Å². The zero-order valence-electron chi connectivity index (χ0n) is 24.0. The van der Waals surface area contributed by atoms with Crippen LogP contribution in [0, 0.1) is 10.1 Å². The molecule has 0 saturated carbocycles. The van der Waals surface area contributed by atoms with Crippen molar-refractivity contribution in [1.82, 2.24) is 10.3 Å². The summed E-state index contributed by atoms with van der Waals surface area (Å²) in [5, 5.41) is 13.2. The molecule has 42 heavy (non-hydrogen) atoms. The normalized spacial score (nSPS) is 14.0. The molecule has 4 rings (SSSR count). The highest BCUT2D eigenvalue weighted by atomic mass is 32.1. The number of ether oxygens (including phenoxy) is 3. The van der Waals surface area contributed by atoms with E-state index in [0.29, 0.717) is 36.8 Å². The number of nitrogens with zero attached hydrogens (tertiary/aromatic N) is 3. The van der Waals surface area contributed by atoms with Gasteiger partial charge in [0.05, 0.1) is 24.7 Å². The lowest BCUT2D eigenvalue weighted by Crippen LogP contribution is -2.44. The molecule has 224 valence electrons. The number of hydrogen-bond acceptors (Lipinski definition) is 10. The van der Waals surface area contributed by atoms with E-state index >= 15 is 0 Å². The number of nitro groups is 1. The molecule has 1 aliphatic rings. The Morgan fingerprint density at radius 3 is 2.52 bits per heavy atom. The summed E-state index contributed by atoms with van der Waals surface area (Å²) in [6, 6.07) is 16.8. The van der Waals surface area contributed by atoms with Crippen LogP contribution in [-0.2, 0) is 26.2 Å². The Kier molecular flexibility index (Phi) is 10.8. The van der Waals surface area contributed by atoms with Gasteiger partial charge in [0.15, 0.2) is 0 Å². The van der Waals surface area contributed by atoms with Gasteiger partial charge in [-0.15, -0.1) is 11.3 Å². The van der Waals surface area contributed by atoms with Crippen molar-refractivity contribution in [2.24, 2.45) is 0 Å². The molecule has 12 heteroatoms. The monoisotopic (exact) mass is 596 g/mol. The topological polar surface area (TPSA) is 123 Å². The minimum absolute atomic E-state index is 0.101. The van der Waals surface area contributed by atoms with E-state index in [-0.39, 0.29) is 36.1 Å². The second kappa shape index (κ2) is 14.5. The number of morpholine rings is 1. The van der Waals surface area contributed by atoms with Crippen LogP contribution in [-0.4, -0.2) is 67.9 Å². The number of rotatable bonds is 12. The van der Waals surface area contributed by atoms with Gasteiger partial charge in [0.1, 0.15) is 23.9 Å². The highest BCUT2D eigenvalue weighted by Crippen LogP contribution is 2.34. The fraction of sp³-hybridized carbons (Fsp3) is 0.400. The lowest BCUT2D eigenvalue weighted by atomic mass is 9.86. The molecule has 0 atom stereocenters. The Bertz CT molecular complexity index is 1370. The standard InChI is InChI=1S/C30H36N4O7S/c1-30(2,3)23-9-11-25(26(19-23)34(37)38)33(28(35)22-7-5-4-6-8-22)31-21-40-20-24-10-12-27(42-24)29(36)41-18-15-32-13-16-39-17-14-32/h4-12,19,31H,13-18,20-21H2,1-3H3. The molecule has 0 aliphatic carbocycles. The van der Waals surface area contributed by atoms with E-state index in [0.717, 1.165) is 28.5 Å². The first kappa shape index (κ1) is 31.3. The maximum atomic E-state index is 13.5. The van der Waals surface area contributed by atoms with Crippen LogP contribution >= 0.6 is 11.3 Å². The first-order valence-electron chi connectivity index (χ1n) is 13.7. The molecule has 2 heterocycles. The van der Waals surface area contributed by atoms with Crippen LogP contribution in [0.1, 0.15) is 51.2 Å². The van der Waals surface area contributed by atoms with E-state index in [4.69, 9.17) is 14.2 Å². The third kappa shape index (κ3) is 8.43. The molecular formula is C30H36N4O7S. The summed E-state index contributed by atoms with van der Waals surface area (Å²) in [7, 11) is 0. The van der Waals surface area contributed by atoms with Crippen LogP contribution in [0.2, 0.25) is 0 Å². The third-order valence-electron chi connectivity index (χ3n) is 6.68.